The van der Waals surface area contributed by atoms with Gasteiger partial charge in [0, 0.05) is 30.6 Å². The Balaban J connectivity index is 1.44. The van der Waals surface area contributed by atoms with Crippen molar-refractivity contribution in [1.29, 1.82) is 0 Å². The lowest BCUT2D eigenvalue weighted by atomic mass is 9.99. The van der Waals surface area contributed by atoms with Gasteiger partial charge < -0.3 is 5.32 Å². The van der Waals surface area contributed by atoms with Gasteiger partial charge in [-0.3, -0.25) is 4.79 Å². The smallest absolute Gasteiger partial charge is 0.243 e. The van der Waals surface area contributed by atoms with E-state index in [0.717, 1.165) is 11.1 Å². The van der Waals surface area contributed by atoms with Crippen molar-refractivity contribution in [3.8, 4) is 0 Å². The summed E-state index contributed by atoms with van der Waals surface area (Å²) in [5.41, 5.74) is 2.36. The third-order valence-electron chi connectivity index (χ3n) is 5.95. The summed E-state index contributed by atoms with van der Waals surface area (Å²) in [5, 5.41) is 11.2. The van der Waals surface area contributed by atoms with Gasteiger partial charge in [0.1, 0.15) is 5.52 Å². The topological polar surface area (TPSA) is 97.2 Å². The predicted octanol–water partition coefficient (Wildman–Crippen LogP) is 3.45. The van der Waals surface area contributed by atoms with E-state index in [4.69, 9.17) is 0 Å². The predicted molar refractivity (Wildman–Crippen MR) is 129 cm³/mol. The molecule has 1 fully saturated rings. The van der Waals surface area contributed by atoms with Gasteiger partial charge in [-0.15, -0.1) is 16.9 Å². The second-order valence-electron chi connectivity index (χ2n) is 8.55. The number of thioether (sulfide) groups is 1. The van der Waals surface area contributed by atoms with Crippen molar-refractivity contribution in [2.75, 3.05) is 19.3 Å². The molecule has 33 heavy (non-hydrogen) atoms. The maximum atomic E-state index is 13.3. The Morgan fingerprint density at radius 2 is 1.97 bits per heavy atom. The standard InChI is InChI=1S/C23H29N5O3S2/c1-16(2)28-22-11-10-20(13-21(22)25-26-28)33(30,31)27-12-4-5-18(15-27)23(29)24-14-17-6-8-19(32-3)9-7-17/h6-11,13,16,18H,4-5,12,14-15H2,1-3H3,(H,24,29)/t18-/m1/s1. The van der Waals surface area contributed by atoms with Gasteiger partial charge in [0.25, 0.3) is 0 Å². The number of fused-ring (bicyclic) bond motifs is 1. The lowest BCUT2D eigenvalue weighted by molar-refractivity contribution is -0.126. The summed E-state index contributed by atoms with van der Waals surface area (Å²) in [6.07, 6.45) is 3.34. The monoisotopic (exact) mass is 487 g/mol. The first kappa shape index (κ1) is 23.7. The second-order valence-corrected chi connectivity index (χ2v) is 11.4. The quantitative estimate of drug-likeness (QED) is 0.513. The van der Waals surface area contributed by atoms with Crippen LogP contribution in [-0.4, -0.2) is 53.0 Å². The number of nitrogens with one attached hydrogen (secondary N) is 1. The molecule has 1 saturated heterocycles. The molecule has 4 rings (SSSR count). The van der Waals surface area contributed by atoms with Gasteiger partial charge in [-0.2, -0.15) is 4.31 Å². The lowest BCUT2D eigenvalue weighted by Gasteiger charge is -2.31. The average molecular weight is 488 g/mol. The average Bonchev–Trinajstić information content (AvgIpc) is 3.26. The largest absolute Gasteiger partial charge is 0.352 e. The van der Waals surface area contributed by atoms with Crippen LogP contribution in [0.4, 0.5) is 0 Å². The fraction of sp³-hybridized carbons (Fsp3) is 0.435. The van der Waals surface area contributed by atoms with Crippen LogP contribution in [0.2, 0.25) is 0 Å². The first-order valence-corrected chi connectivity index (χ1v) is 13.7. The third kappa shape index (κ3) is 5.07. The molecule has 176 valence electrons. The summed E-state index contributed by atoms with van der Waals surface area (Å²) < 4.78 is 29.8. The number of rotatable bonds is 7. The van der Waals surface area contributed by atoms with Gasteiger partial charge in [-0.05, 0) is 68.8 Å². The highest BCUT2D eigenvalue weighted by Crippen LogP contribution is 2.26. The SMILES string of the molecule is CSc1ccc(CNC(=O)[C@@H]2CCCN(S(=O)(=O)c3ccc4c(c3)nnn4C(C)C)C2)cc1. The molecule has 1 aromatic heterocycles. The van der Waals surface area contributed by atoms with Crippen LogP contribution >= 0.6 is 11.8 Å². The van der Waals surface area contributed by atoms with Gasteiger partial charge in [-0.25, -0.2) is 13.1 Å². The molecule has 1 N–H and O–H groups in total. The highest BCUT2D eigenvalue weighted by Gasteiger charge is 2.33. The van der Waals surface area contributed by atoms with E-state index in [1.807, 2.05) is 44.4 Å². The van der Waals surface area contributed by atoms with Crippen LogP contribution in [0.3, 0.4) is 0 Å². The minimum atomic E-state index is -3.73. The van der Waals surface area contributed by atoms with Gasteiger partial charge in [0.05, 0.1) is 16.3 Å². The second kappa shape index (κ2) is 9.82. The molecule has 3 aromatic rings. The van der Waals surface area contributed by atoms with Crippen molar-refractivity contribution in [1.82, 2.24) is 24.6 Å². The molecular weight excluding hydrogens is 458 g/mol. The summed E-state index contributed by atoms with van der Waals surface area (Å²) in [6.45, 7) is 5.00. The molecule has 1 atom stereocenters. The number of hydrogen-bond acceptors (Lipinski definition) is 6. The highest BCUT2D eigenvalue weighted by atomic mass is 32.2. The molecule has 1 amide bonds. The highest BCUT2D eigenvalue weighted by molar-refractivity contribution is 7.98. The third-order valence-corrected chi connectivity index (χ3v) is 8.55. The first-order valence-electron chi connectivity index (χ1n) is 11.1. The minimum absolute atomic E-state index is 0.112. The molecule has 0 saturated carbocycles. The summed E-state index contributed by atoms with van der Waals surface area (Å²) >= 11 is 1.67. The Morgan fingerprint density at radius 1 is 1.21 bits per heavy atom. The Labute approximate surface area is 198 Å². The molecule has 0 spiro atoms. The number of carbonyl (C=O) groups excluding carboxylic acids is 1. The number of benzene rings is 2. The van der Waals surface area contributed by atoms with E-state index < -0.39 is 10.0 Å². The maximum absolute atomic E-state index is 13.3. The molecule has 0 unspecified atom stereocenters. The van der Waals surface area contributed by atoms with Crippen molar-refractivity contribution in [3.63, 3.8) is 0 Å². The number of hydrogen-bond donors (Lipinski definition) is 1. The van der Waals surface area contributed by atoms with Crippen molar-refractivity contribution in [3.05, 3.63) is 48.0 Å². The maximum Gasteiger partial charge on any atom is 0.243 e. The fourth-order valence-electron chi connectivity index (χ4n) is 4.06. The van der Waals surface area contributed by atoms with Gasteiger partial charge in [0.15, 0.2) is 0 Å². The Bertz CT molecular complexity index is 1240. The number of piperidine rings is 1. The van der Waals surface area contributed by atoms with E-state index in [-0.39, 0.29) is 29.3 Å². The zero-order valence-corrected chi connectivity index (χ0v) is 20.7. The minimum Gasteiger partial charge on any atom is -0.352 e. The van der Waals surface area contributed by atoms with Crippen LogP contribution in [0, 0.1) is 5.92 Å². The fourth-order valence-corrected chi connectivity index (χ4v) is 6.02. The zero-order valence-electron chi connectivity index (χ0n) is 19.1. The number of nitrogens with zero attached hydrogens (tertiary/aromatic N) is 4. The molecule has 2 aromatic carbocycles. The Morgan fingerprint density at radius 3 is 2.67 bits per heavy atom. The van der Waals surface area contributed by atoms with E-state index >= 15 is 0 Å². The molecule has 0 radical (unpaired) electrons. The molecule has 0 aliphatic carbocycles. The number of aromatic nitrogens is 3. The van der Waals surface area contributed by atoms with E-state index in [1.54, 1.807) is 34.6 Å². The summed E-state index contributed by atoms with van der Waals surface area (Å²) in [7, 11) is -3.73. The molecular formula is C23H29N5O3S2. The van der Waals surface area contributed by atoms with Crippen molar-refractivity contribution < 1.29 is 13.2 Å². The molecule has 2 heterocycles. The van der Waals surface area contributed by atoms with Crippen LogP contribution in [0.15, 0.2) is 52.3 Å². The van der Waals surface area contributed by atoms with Crippen LogP contribution in [0.1, 0.15) is 38.3 Å². The summed E-state index contributed by atoms with van der Waals surface area (Å²) in [6, 6.07) is 13.1. The molecule has 10 heteroatoms. The van der Waals surface area contributed by atoms with E-state index in [9.17, 15) is 13.2 Å². The number of sulfonamides is 1. The van der Waals surface area contributed by atoms with E-state index in [2.05, 4.69) is 15.6 Å². The summed E-state index contributed by atoms with van der Waals surface area (Å²) in [4.78, 5) is 14.1. The van der Waals surface area contributed by atoms with Crippen molar-refractivity contribution in [2.45, 2.75) is 49.1 Å². The van der Waals surface area contributed by atoms with Gasteiger partial charge in [0.2, 0.25) is 15.9 Å². The van der Waals surface area contributed by atoms with E-state index in [1.165, 1.54) is 9.20 Å². The van der Waals surface area contributed by atoms with Gasteiger partial charge in [-0.1, -0.05) is 17.3 Å². The Kier molecular flexibility index (Phi) is 7.06. The normalized spacial score (nSPS) is 17.5. The molecule has 8 nitrogen and oxygen atoms in total. The number of carbonyl (C=O) groups is 1. The Hall–Kier alpha value is -2.43. The van der Waals surface area contributed by atoms with Crippen LogP contribution < -0.4 is 5.32 Å². The molecule has 0 bridgehead atoms. The van der Waals surface area contributed by atoms with Gasteiger partial charge >= 0.3 is 0 Å². The van der Waals surface area contributed by atoms with Crippen molar-refractivity contribution in [2.24, 2.45) is 5.92 Å². The molecule has 1 aliphatic rings. The first-order chi connectivity index (χ1) is 15.8. The van der Waals surface area contributed by atoms with Crippen LogP contribution in [0.25, 0.3) is 11.0 Å². The summed E-state index contributed by atoms with van der Waals surface area (Å²) in [5.74, 6) is -0.483. The van der Waals surface area contributed by atoms with E-state index in [0.29, 0.717) is 31.4 Å². The zero-order chi connectivity index (χ0) is 23.6. The number of amides is 1. The van der Waals surface area contributed by atoms with Crippen molar-refractivity contribution >= 4 is 38.7 Å². The molecule has 1 aliphatic heterocycles. The van der Waals surface area contributed by atoms with Crippen LogP contribution in [0.5, 0.6) is 0 Å². The van der Waals surface area contributed by atoms with Crippen LogP contribution in [-0.2, 0) is 21.4 Å². The lowest BCUT2D eigenvalue weighted by Crippen LogP contribution is -2.45.